The van der Waals surface area contributed by atoms with Gasteiger partial charge in [-0.1, -0.05) is 54.1 Å². The molecule has 1 aromatic heterocycles. The molecule has 0 saturated carbocycles. The van der Waals surface area contributed by atoms with E-state index in [1.54, 1.807) is 12.1 Å². The summed E-state index contributed by atoms with van der Waals surface area (Å²) in [6.45, 7) is 0. The van der Waals surface area contributed by atoms with Gasteiger partial charge in [-0.15, -0.1) is 0 Å². The van der Waals surface area contributed by atoms with Crippen LogP contribution in [0.2, 0.25) is 5.02 Å². The first kappa shape index (κ1) is 12.7. The average molecular weight is 283 g/mol. The highest BCUT2D eigenvalue weighted by Gasteiger charge is 2.06. The third-order valence-electron chi connectivity index (χ3n) is 2.99. The van der Waals surface area contributed by atoms with Crippen LogP contribution in [-0.4, -0.2) is 0 Å². The van der Waals surface area contributed by atoms with Gasteiger partial charge >= 0.3 is 5.63 Å². The van der Waals surface area contributed by atoms with Gasteiger partial charge in [-0.3, -0.25) is 0 Å². The molecule has 98 valence electrons. The lowest BCUT2D eigenvalue weighted by Crippen LogP contribution is -1.98. The Hall–Kier alpha value is -2.32. The summed E-state index contributed by atoms with van der Waals surface area (Å²) in [6.07, 6.45) is 0. The molecule has 0 radical (unpaired) electrons. The maximum absolute atomic E-state index is 11.7. The van der Waals surface area contributed by atoms with Crippen LogP contribution in [-0.2, 0) is 0 Å². The average Bonchev–Trinajstić information content (AvgIpc) is 2.47. The third kappa shape index (κ3) is 2.65. The molecule has 0 fully saturated rings. The van der Waals surface area contributed by atoms with Gasteiger partial charge in [0.1, 0.15) is 5.76 Å². The van der Waals surface area contributed by atoms with Gasteiger partial charge < -0.3 is 4.42 Å². The van der Waals surface area contributed by atoms with Crippen molar-refractivity contribution < 1.29 is 4.42 Å². The van der Waals surface area contributed by atoms with E-state index in [9.17, 15) is 4.79 Å². The zero-order valence-corrected chi connectivity index (χ0v) is 11.3. The molecule has 0 aliphatic heterocycles. The quantitative estimate of drug-likeness (QED) is 0.686. The first-order valence-electron chi connectivity index (χ1n) is 6.19. The van der Waals surface area contributed by atoms with Crippen molar-refractivity contribution in [3.05, 3.63) is 82.2 Å². The molecule has 0 spiro atoms. The summed E-state index contributed by atoms with van der Waals surface area (Å²) in [5.74, 6) is 0.513. The van der Waals surface area contributed by atoms with Crippen molar-refractivity contribution in [3.8, 4) is 22.5 Å². The van der Waals surface area contributed by atoms with E-state index in [2.05, 4.69) is 0 Å². The number of hydrogen-bond acceptors (Lipinski definition) is 2. The second-order valence-corrected chi connectivity index (χ2v) is 4.84. The minimum Gasteiger partial charge on any atom is -0.423 e. The fraction of sp³-hybridized carbons (Fsp3) is 0. The molecule has 3 rings (SSSR count). The fourth-order valence-electron chi connectivity index (χ4n) is 2.06. The van der Waals surface area contributed by atoms with Gasteiger partial charge in [0.15, 0.2) is 0 Å². The fourth-order valence-corrected chi connectivity index (χ4v) is 2.25. The number of hydrogen-bond donors (Lipinski definition) is 0. The van der Waals surface area contributed by atoms with E-state index in [1.165, 1.54) is 6.07 Å². The van der Waals surface area contributed by atoms with Crippen LogP contribution >= 0.6 is 11.6 Å². The molecular formula is C17H11ClO2. The van der Waals surface area contributed by atoms with Gasteiger partial charge in [0, 0.05) is 16.7 Å². The molecule has 0 unspecified atom stereocenters. The lowest BCUT2D eigenvalue weighted by Gasteiger charge is -2.04. The van der Waals surface area contributed by atoms with E-state index in [0.29, 0.717) is 10.8 Å². The minimum atomic E-state index is -0.374. The van der Waals surface area contributed by atoms with E-state index in [0.717, 1.165) is 16.7 Å². The second kappa shape index (κ2) is 5.35. The summed E-state index contributed by atoms with van der Waals surface area (Å²) in [7, 11) is 0. The highest BCUT2D eigenvalue weighted by molar-refractivity contribution is 6.30. The van der Waals surface area contributed by atoms with E-state index >= 15 is 0 Å². The standard InChI is InChI=1S/C17H11ClO2/c18-15-8-4-7-13(9-15)16-10-14(11-17(19)20-16)12-5-2-1-3-6-12/h1-11H. The van der Waals surface area contributed by atoms with Crippen molar-refractivity contribution in [2.24, 2.45) is 0 Å². The summed E-state index contributed by atoms with van der Waals surface area (Å²) >= 11 is 5.97. The summed E-state index contributed by atoms with van der Waals surface area (Å²) in [6, 6.07) is 20.3. The van der Waals surface area contributed by atoms with Gasteiger partial charge in [-0.05, 0) is 29.3 Å². The molecule has 0 saturated heterocycles. The van der Waals surface area contributed by atoms with Crippen LogP contribution in [0.25, 0.3) is 22.5 Å². The Morgan fingerprint density at radius 3 is 2.25 bits per heavy atom. The van der Waals surface area contributed by atoms with Crippen molar-refractivity contribution in [1.82, 2.24) is 0 Å². The Morgan fingerprint density at radius 1 is 0.750 bits per heavy atom. The van der Waals surface area contributed by atoms with Gasteiger partial charge in [0.2, 0.25) is 0 Å². The van der Waals surface area contributed by atoms with E-state index < -0.39 is 0 Å². The largest absolute Gasteiger partial charge is 0.423 e. The lowest BCUT2D eigenvalue weighted by atomic mass is 10.0. The normalized spacial score (nSPS) is 10.4. The smallest absolute Gasteiger partial charge is 0.336 e. The predicted molar refractivity (Wildman–Crippen MR) is 80.9 cm³/mol. The Morgan fingerprint density at radius 2 is 1.50 bits per heavy atom. The van der Waals surface area contributed by atoms with Crippen LogP contribution in [0.1, 0.15) is 0 Å². The zero-order chi connectivity index (χ0) is 13.9. The Kier molecular flexibility index (Phi) is 3.40. The second-order valence-electron chi connectivity index (χ2n) is 4.41. The molecule has 0 aliphatic carbocycles. The van der Waals surface area contributed by atoms with Crippen LogP contribution < -0.4 is 5.63 Å². The van der Waals surface area contributed by atoms with Crippen LogP contribution in [0, 0.1) is 0 Å². The Balaban J connectivity index is 2.15. The van der Waals surface area contributed by atoms with Crippen molar-refractivity contribution in [2.75, 3.05) is 0 Å². The first-order chi connectivity index (χ1) is 9.72. The molecule has 3 heteroatoms. The molecule has 0 amide bonds. The molecule has 20 heavy (non-hydrogen) atoms. The van der Waals surface area contributed by atoms with Gasteiger partial charge in [0.25, 0.3) is 0 Å². The molecule has 0 atom stereocenters. The topological polar surface area (TPSA) is 30.2 Å². The molecule has 3 aromatic rings. The summed E-state index contributed by atoms with van der Waals surface area (Å²) in [4.78, 5) is 11.7. The Bertz CT molecular complexity index is 791. The maximum Gasteiger partial charge on any atom is 0.336 e. The third-order valence-corrected chi connectivity index (χ3v) is 3.22. The van der Waals surface area contributed by atoms with Crippen LogP contribution in [0.15, 0.2) is 75.9 Å². The molecule has 0 aliphatic rings. The van der Waals surface area contributed by atoms with Gasteiger partial charge in [-0.25, -0.2) is 4.79 Å². The monoisotopic (exact) mass is 282 g/mol. The van der Waals surface area contributed by atoms with Crippen LogP contribution in [0.5, 0.6) is 0 Å². The lowest BCUT2D eigenvalue weighted by molar-refractivity contribution is 0.526. The summed E-state index contributed by atoms with van der Waals surface area (Å²) < 4.78 is 5.27. The zero-order valence-electron chi connectivity index (χ0n) is 10.5. The SMILES string of the molecule is O=c1cc(-c2ccccc2)cc(-c2cccc(Cl)c2)o1. The molecule has 0 bridgehead atoms. The Labute approximate surface area is 121 Å². The van der Waals surface area contributed by atoms with Crippen molar-refractivity contribution in [3.63, 3.8) is 0 Å². The van der Waals surface area contributed by atoms with Crippen LogP contribution in [0.3, 0.4) is 0 Å². The van der Waals surface area contributed by atoms with Crippen LogP contribution in [0.4, 0.5) is 0 Å². The number of halogens is 1. The number of benzene rings is 2. The van der Waals surface area contributed by atoms with Gasteiger partial charge in [-0.2, -0.15) is 0 Å². The van der Waals surface area contributed by atoms with Crippen molar-refractivity contribution in [1.29, 1.82) is 0 Å². The highest BCUT2D eigenvalue weighted by atomic mass is 35.5. The molecule has 2 aromatic carbocycles. The minimum absolute atomic E-state index is 0.374. The van der Waals surface area contributed by atoms with Crippen molar-refractivity contribution in [2.45, 2.75) is 0 Å². The molecular weight excluding hydrogens is 272 g/mol. The maximum atomic E-state index is 11.7. The highest BCUT2D eigenvalue weighted by Crippen LogP contribution is 2.26. The summed E-state index contributed by atoms with van der Waals surface area (Å²) in [5, 5.41) is 0.607. The molecule has 1 heterocycles. The van der Waals surface area contributed by atoms with E-state index in [-0.39, 0.29) is 5.63 Å². The van der Waals surface area contributed by atoms with Crippen molar-refractivity contribution >= 4 is 11.6 Å². The number of rotatable bonds is 2. The molecule has 0 N–H and O–H groups in total. The summed E-state index contributed by atoms with van der Waals surface area (Å²) in [5.41, 5.74) is 2.22. The van der Waals surface area contributed by atoms with E-state index in [4.69, 9.17) is 16.0 Å². The predicted octanol–water partition coefficient (Wildman–Crippen LogP) is 4.63. The first-order valence-corrected chi connectivity index (χ1v) is 6.57. The molecule has 2 nitrogen and oxygen atoms in total. The van der Waals surface area contributed by atoms with Gasteiger partial charge in [0.05, 0.1) is 0 Å². The van der Waals surface area contributed by atoms with E-state index in [1.807, 2.05) is 48.5 Å².